The summed E-state index contributed by atoms with van der Waals surface area (Å²) in [6.45, 7) is 5.75. The van der Waals surface area contributed by atoms with Crippen molar-refractivity contribution in [1.29, 1.82) is 0 Å². The van der Waals surface area contributed by atoms with Gasteiger partial charge in [-0.3, -0.25) is 4.79 Å². The molecule has 0 unspecified atom stereocenters. The molecule has 0 aromatic rings. The number of hydrogen-bond acceptors (Lipinski definition) is 3. The highest BCUT2D eigenvalue weighted by Gasteiger charge is 2.43. The largest absolute Gasteiger partial charge is 0.396 e. The number of rotatable bonds is 3. The molecule has 2 N–H and O–H groups in total. The van der Waals surface area contributed by atoms with Gasteiger partial charge in [-0.25, -0.2) is 0 Å². The van der Waals surface area contributed by atoms with Crippen molar-refractivity contribution in [2.45, 2.75) is 26.2 Å². The summed E-state index contributed by atoms with van der Waals surface area (Å²) in [6.07, 6.45) is 2.86. The summed E-state index contributed by atoms with van der Waals surface area (Å²) in [5, 5.41) is 12.3. The van der Waals surface area contributed by atoms with Crippen LogP contribution in [0.3, 0.4) is 0 Å². The van der Waals surface area contributed by atoms with E-state index in [2.05, 4.69) is 12.2 Å². The minimum atomic E-state index is -0.119. The number of aliphatic hydroxyl groups is 1. The molecular weight excluding hydrogens is 204 g/mol. The Morgan fingerprint density at radius 2 is 2.06 bits per heavy atom. The highest BCUT2D eigenvalue weighted by atomic mass is 16.3. The summed E-state index contributed by atoms with van der Waals surface area (Å²) in [5.74, 6) is 0.640. The van der Waals surface area contributed by atoms with Crippen LogP contribution in [0, 0.1) is 11.3 Å². The molecule has 0 bridgehead atoms. The van der Waals surface area contributed by atoms with Crippen LogP contribution < -0.4 is 5.32 Å². The number of carbonyl (C=O) groups is 1. The summed E-state index contributed by atoms with van der Waals surface area (Å²) >= 11 is 0. The number of piperidine rings is 1. The smallest absolute Gasteiger partial charge is 0.228 e. The van der Waals surface area contributed by atoms with Crippen LogP contribution in [0.1, 0.15) is 26.2 Å². The van der Waals surface area contributed by atoms with Crippen LogP contribution in [-0.2, 0) is 4.79 Å². The topological polar surface area (TPSA) is 52.6 Å². The third-order valence-corrected chi connectivity index (χ3v) is 4.19. The van der Waals surface area contributed by atoms with Gasteiger partial charge in [-0.1, -0.05) is 6.92 Å². The molecule has 0 aliphatic carbocycles. The average molecular weight is 226 g/mol. The van der Waals surface area contributed by atoms with Crippen molar-refractivity contribution in [2.24, 2.45) is 11.3 Å². The first-order valence-electron chi connectivity index (χ1n) is 6.33. The van der Waals surface area contributed by atoms with Gasteiger partial charge in [0.05, 0.1) is 5.41 Å². The van der Waals surface area contributed by atoms with Gasteiger partial charge in [0.25, 0.3) is 0 Å². The number of amides is 1. The van der Waals surface area contributed by atoms with Crippen molar-refractivity contribution >= 4 is 5.91 Å². The molecule has 0 atom stereocenters. The lowest BCUT2D eigenvalue weighted by atomic mass is 9.74. The fourth-order valence-corrected chi connectivity index (χ4v) is 2.81. The van der Waals surface area contributed by atoms with E-state index < -0.39 is 0 Å². The van der Waals surface area contributed by atoms with E-state index in [1.54, 1.807) is 0 Å². The van der Waals surface area contributed by atoms with Gasteiger partial charge in [0, 0.05) is 25.6 Å². The van der Waals surface area contributed by atoms with E-state index >= 15 is 0 Å². The first-order chi connectivity index (χ1) is 7.72. The molecule has 0 spiro atoms. The number of nitrogens with zero attached hydrogens (tertiary/aromatic N) is 1. The lowest BCUT2D eigenvalue weighted by Gasteiger charge is -2.46. The number of aliphatic hydroxyl groups excluding tert-OH is 1. The second-order valence-electron chi connectivity index (χ2n) is 5.14. The van der Waals surface area contributed by atoms with Gasteiger partial charge in [0.1, 0.15) is 0 Å². The Bertz CT molecular complexity index is 256. The van der Waals surface area contributed by atoms with Crippen molar-refractivity contribution in [3.8, 4) is 0 Å². The monoisotopic (exact) mass is 226 g/mol. The molecule has 2 saturated heterocycles. The maximum Gasteiger partial charge on any atom is 0.228 e. The SMILES string of the molecule is CCC1(C(=O)N2CC(CO)C2)CCNCC1. The van der Waals surface area contributed by atoms with Crippen molar-refractivity contribution < 1.29 is 9.90 Å². The van der Waals surface area contributed by atoms with Gasteiger partial charge < -0.3 is 15.3 Å². The first kappa shape index (κ1) is 11.9. The lowest BCUT2D eigenvalue weighted by molar-refractivity contribution is -0.151. The molecule has 2 fully saturated rings. The van der Waals surface area contributed by atoms with Crippen LogP contribution in [0.5, 0.6) is 0 Å². The maximum absolute atomic E-state index is 12.4. The van der Waals surface area contributed by atoms with Crippen molar-refractivity contribution in [2.75, 3.05) is 32.8 Å². The molecule has 0 aromatic heterocycles. The van der Waals surface area contributed by atoms with E-state index in [4.69, 9.17) is 5.11 Å². The molecule has 0 radical (unpaired) electrons. The molecule has 2 aliphatic rings. The Kier molecular flexibility index (Phi) is 3.50. The van der Waals surface area contributed by atoms with E-state index in [1.807, 2.05) is 4.90 Å². The molecule has 4 heteroatoms. The van der Waals surface area contributed by atoms with Gasteiger partial charge in [0.2, 0.25) is 5.91 Å². The van der Waals surface area contributed by atoms with Crippen molar-refractivity contribution in [1.82, 2.24) is 10.2 Å². The quantitative estimate of drug-likeness (QED) is 0.723. The predicted molar refractivity (Wildman–Crippen MR) is 62.0 cm³/mol. The Morgan fingerprint density at radius 1 is 1.44 bits per heavy atom. The van der Waals surface area contributed by atoms with Crippen LogP contribution in [0.25, 0.3) is 0 Å². The van der Waals surface area contributed by atoms with Crippen LogP contribution in [0.15, 0.2) is 0 Å². The molecular formula is C12H22N2O2. The summed E-state index contributed by atoms with van der Waals surface area (Å²) < 4.78 is 0. The lowest BCUT2D eigenvalue weighted by Crippen LogP contribution is -2.57. The van der Waals surface area contributed by atoms with Crippen LogP contribution in [0.4, 0.5) is 0 Å². The normalized spacial score (nSPS) is 25.2. The number of carbonyl (C=O) groups excluding carboxylic acids is 1. The molecule has 0 saturated carbocycles. The highest BCUT2D eigenvalue weighted by molar-refractivity contribution is 5.83. The minimum absolute atomic E-state index is 0.119. The van der Waals surface area contributed by atoms with E-state index in [-0.39, 0.29) is 12.0 Å². The first-order valence-corrected chi connectivity index (χ1v) is 6.33. The fraction of sp³-hybridized carbons (Fsp3) is 0.917. The summed E-state index contributed by atoms with van der Waals surface area (Å²) in [6, 6.07) is 0. The molecule has 92 valence electrons. The minimum Gasteiger partial charge on any atom is -0.396 e. The zero-order chi connectivity index (χ0) is 11.6. The summed E-state index contributed by atoms with van der Waals surface area (Å²) in [4.78, 5) is 14.3. The van der Waals surface area contributed by atoms with Crippen molar-refractivity contribution in [3.05, 3.63) is 0 Å². The number of nitrogens with one attached hydrogen (secondary N) is 1. The fourth-order valence-electron chi connectivity index (χ4n) is 2.81. The number of likely N-dealkylation sites (tertiary alicyclic amines) is 1. The van der Waals surface area contributed by atoms with Gasteiger partial charge in [-0.2, -0.15) is 0 Å². The molecule has 2 aliphatic heterocycles. The van der Waals surface area contributed by atoms with E-state index in [9.17, 15) is 4.79 Å². The van der Waals surface area contributed by atoms with E-state index in [1.165, 1.54) is 0 Å². The van der Waals surface area contributed by atoms with Gasteiger partial charge in [-0.15, -0.1) is 0 Å². The second-order valence-corrected chi connectivity index (χ2v) is 5.14. The maximum atomic E-state index is 12.4. The predicted octanol–water partition coefficient (Wildman–Crippen LogP) is 0.217. The van der Waals surface area contributed by atoms with E-state index in [0.717, 1.165) is 45.4 Å². The average Bonchev–Trinajstić information content (AvgIpc) is 2.28. The zero-order valence-electron chi connectivity index (χ0n) is 10.0. The van der Waals surface area contributed by atoms with Crippen molar-refractivity contribution in [3.63, 3.8) is 0 Å². The third-order valence-electron chi connectivity index (χ3n) is 4.19. The van der Waals surface area contributed by atoms with Gasteiger partial charge in [-0.05, 0) is 32.4 Å². The highest BCUT2D eigenvalue weighted by Crippen LogP contribution is 2.36. The Balaban J connectivity index is 1.96. The number of hydrogen-bond donors (Lipinski definition) is 2. The summed E-state index contributed by atoms with van der Waals surface area (Å²) in [7, 11) is 0. The summed E-state index contributed by atoms with van der Waals surface area (Å²) in [5.41, 5.74) is -0.119. The Morgan fingerprint density at radius 3 is 2.56 bits per heavy atom. The zero-order valence-corrected chi connectivity index (χ0v) is 10.0. The van der Waals surface area contributed by atoms with E-state index in [0.29, 0.717) is 11.8 Å². The van der Waals surface area contributed by atoms with Crippen LogP contribution in [-0.4, -0.2) is 48.7 Å². The van der Waals surface area contributed by atoms with Gasteiger partial charge >= 0.3 is 0 Å². The third kappa shape index (κ3) is 1.96. The molecule has 2 heterocycles. The van der Waals surface area contributed by atoms with Crippen LogP contribution in [0.2, 0.25) is 0 Å². The second kappa shape index (κ2) is 4.72. The standard InChI is InChI=1S/C12H22N2O2/c1-2-12(3-5-13-6-4-12)11(16)14-7-10(8-14)9-15/h10,13,15H,2-9H2,1H3. The van der Waals surface area contributed by atoms with Gasteiger partial charge in [0.15, 0.2) is 0 Å². The molecule has 1 amide bonds. The molecule has 16 heavy (non-hydrogen) atoms. The molecule has 0 aromatic carbocycles. The Labute approximate surface area is 97.0 Å². The van der Waals surface area contributed by atoms with Crippen LogP contribution >= 0.6 is 0 Å². The molecule has 4 nitrogen and oxygen atoms in total. The molecule has 2 rings (SSSR count). The Hall–Kier alpha value is -0.610.